The lowest BCUT2D eigenvalue weighted by Gasteiger charge is -2.21. The van der Waals surface area contributed by atoms with Gasteiger partial charge >= 0.3 is 0 Å². The number of hydrogen-bond acceptors (Lipinski definition) is 2. The standard InChI is InChI=1S/C16H20BrNO/c1-19-12-11-18(10-9-17)13-15-7-4-6-14-5-2-3-8-16(14)15/h2-8H,9-13H2,1H3. The van der Waals surface area contributed by atoms with E-state index in [4.69, 9.17) is 4.74 Å². The summed E-state index contributed by atoms with van der Waals surface area (Å²) in [6.45, 7) is 3.74. The van der Waals surface area contributed by atoms with Crippen molar-refractivity contribution in [2.24, 2.45) is 0 Å². The maximum Gasteiger partial charge on any atom is 0.0589 e. The zero-order valence-electron chi connectivity index (χ0n) is 11.3. The lowest BCUT2D eigenvalue weighted by atomic mass is 10.0. The van der Waals surface area contributed by atoms with Crippen molar-refractivity contribution < 1.29 is 4.74 Å². The molecule has 0 radical (unpaired) electrons. The molecule has 0 aliphatic rings. The predicted octanol–water partition coefficient (Wildman–Crippen LogP) is 3.68. The smallest absolute Gasteiger partial charge is 0.0589 e. The zero-order valence-corrected chi connectivity index (χ0v) is 12.9. The van der Waals surface area contributed by atoms with Crippen LogP contribution in [0.1, 0.15) is 5.56 Å². The third kappa shape index (κ3) is 4.03. The molecule has 2 aromatic carbocycles. The Kier molecular flexibility index (Phi) is 5.83. The fraction of sp³-hybridized carbons (Fsp3) is 0.375. The summed E-state index contributed by atoms with van der Waals surface area (Å²) in [4.78, 5) is 2.42. The molecule has 19 heavy (non-hydrogen) atoms. The van der Waals surface area contributed by atoms with Crippen LogP contribution in [0.2, 0.25) is 0 Å². The summed E-state index contributed by atoms with van der Waals surface area (Å²) in [5.41, 5.74) is 1.38. The van der Waals surface area contributed by atoms with Crippen LogP contribution in [0, 0.1) is 0 Å². The average Bonchev–Trinajstić information content (AvgIpc) is 2.45. The second-order valence-corrected chi connectivity index (χ2v) is 5.39. The van der Waals surface area contributed by atoms with Crippen LogP contribution < -0.4 is 0 Å². The average molecular weight is 322 g/mol. The first-order chi connectivity index (χ1) is 9.35. The summed E-state index contributed by atoms with van der Waals surface area (Å²) in [6, 6.07) is 15.1. The van der Waals surface area contributed by atoms with Gasteiger partial charge in [-0.15, -0.1) is 0 Å². The molecule has 0 N–H and O–H groups in total. The highest BCUT2D eigenvalue weighted by Gasteiger charge is 2.07. The normalized spacial score (nSPS) is 11.3. The minimum atomic E-state index is 0.776. The van der Waals surface area contributed by atoms with E-state index in [0.717, 1.165) is 31.6 Å². The Labute approximate surface area is 123 Å². The lowest BCUT2D eigenvalue weighted by Crippen LogP contribution is -2.28. The molecule has 0 fully saturated rings. The van der Waals surface area contributed by atoms with Crippen molar-refractivity contribution in [2.75, 3.05) is 32.1 Å². The van der Waals surface area contributed by atoms with Gasteiger partial charge in [0.25, 0.3) is 0 Å². The topological polar surface area (TPSA) is 12.5 Å². The zero-order chi connectivity index (χ0) is 13.5. The highest BCUT2D eigenvalue weighted by atomic mass is 79.9. The van der Waals surface area contributed by atoms with Crippen LogP contribution in [0.25, 0.3) is 10.8 Å². The first kappa shape index (κ1) is 14.5. The summed E-state index contributed by atoms with van der Waals surface area (Å²) in [5.74, 6) is 0. The molecule has 102 valence electrons. The van der Waals surface area contributed by atoms with E-state index >= 15 is 0 Å². The van der Waals surface area contributed by atoms with Gasteiger partial charge in [-0.3, -0.25) is 4.90 Å². The van der Waals surface area contributed by atoms with E-state index in [1.165, 1.54) is 16.3 Å². The van der Waals surface area contributed by atoms with Crippen molar-refractivity contribution in [1.82, 2.24) is 4.90 Å². The molecule has 0 spiro atoms. The van der Waals surface area contributed by atoms with Gasteiger partial charge in [-0.25, -0.2) is 0 Å². The third-order valence-electron chi connectivity index (χ3n) is 3.29. The van der Waals surface area contributed by atoms with Crippen LogP contribution in [0.3, 0.4) is 0 Å². The van der Waals surface area contributed by atoms with Crippen LogP contribution in [-0.2, 0) is 11.3 Å². The van der Waals surface area contributed by atoms with E-state index in [2.05, 4.69) is 63.3 Å². The molecule has 0 aliphatic heterocycles. The van der Waals surface area contributed by atoms with Gasteiger partial charge in [-0.05, 0) is 16.3 Å². The second-order valence-electron chi connectivity index (χ2n) is 4.60. The number of nitrogens with zero attached hydrogens (tertiary/aromatic N) is 1. The number of alkyl halides is 1. The van der Waals surface area contributed by atoms with Crippen LogP contribution in [-0.4, -0.2) is 37.0 Å². The first-order valence-electron chi connectivity index (χ1n) is 6.59. The quantitative estimate of drug-likeness (QED) is 0.721. The lowest BCUT2D eigenvalue weighted by molar-refractivity contribution is 0.148. The van der Waals surface area contributed by atoms with E-state index < -0.39 is 0 Å². The second kappa shape index (κ2) is 7.63. The Bertz CT molecular complexity index is 510. The molecule has 0 amide bonds. The summed E-state index contributed by atoms with van der Waals surface area (Å²) in [5, 5.41) is 3.65. The van der Waals surface area contributed by atoms with Crippen LogP contribution in [0.5, 0.6) is 0 Å². The van der Waals surface area contributed by atoms with Gasteiger partial charge in [0.15, 0.2) is 0 Å². The summed E-state index contributed by atoms with van der Waals surface area (Å²) in [6.07, 6.45) is 0. The van der Waals surface area contributed by atoms with Gasteiger partial charge in [-0.1, -0.05) is 58.4 Å². The molecule has 2 aromatic rings. The van der Waals surface area contributed by atoms with Crippen molar-refractivity contribution in [3.63, 3.8) is 0 Å². The molecule has 0 aliphatic carbocycles. The Morgan fingerprint density at radius 3 is 2.63 bits per heavy atom. The molecule has 0 heterocycles. The van der Waals surface area contributed by atoms with Crippen LogP contribution in [0.4, 0.5) is 0 Å². The summed E-state index contributed by atoms with van der Waals surface area (Å²) in [7, 11) is 1.75. The van der Waals surface area contributed by atoms with E-state index in [1.54, 1.807) is 7.11 Å². The SMILES string of the molecule is COCCN(CCBr)Cc1cccc2ccccc12. The van der Waals surface area contributed by atoms with Gasteiger partial charge in [0.1, 0.15) is 0 Å². The molecular weight excluding hydrogens is 302 g/mol. The monoisotopic (exact) mass is 321 g/mol. The Hall–Kier alpha value is -0.900. The maximum atomic E-state index is 5.19. The van der Waals surface area contributed by atoms with Gasteiger partial charge < -0.3 is 4.74 Å². The van der Waals surface area contributed by atoms with Crippen molar-refractivity contribution in [3.8, 4) is 0 Å². The van der Waals surface area contributed by atoms with Gasteiger partial charge in [0, 0.05) is 32.1 Å². The molecule has 0 unspecified atom stereocenters. The highest BCUT2D eigenvalue weighted by molar-refractivity contribution is 9.09. The minimum absolute atomic E-state index is 0.776. The molecule has 3 heteroatoms. The fourth-order valence-electron chi connectivity index (χ4n) is 2.28. The Morgan fingerprint density at radius 2 is 1.84 bits per heavy atom. The van der Waals surface area contributed by atoms with E-state index in [0.29, 0.717) is 0 Å². The number of methoxy groups -OCH3 is 1. The molecule has 0 saturated carbocycles. The van der Waals surface area contributed by atoms with Gasteiger partial charge in [0.05, 0.1) is 6.61 Å². The van der Waals surface area contributed by atoms with Gasteiger partial charge in [0.2, 0.25) is 0 Å². The van der Waals surface area contributed by atoms with Crippen LogP contribution in [0.15, 0.2) is 42.5 Å². The Morgan fingerprint density at radius 1 is 1.05 bits per heavy atom. The van der Waals surface area contributed by atoms with Crippen LogP contribution >= 0.6 is 15.9 Å². The first-order valence-corrected chi connectivity index (χ1v) is 7.71. The predicted molar refractivity (Wildman–Crippen MR) is 84.9 cm³/mol. The maximum absolute atomic E-state index is 5.19. The molecule has 2 nitrogen and oxygen atoms in total. The number of hydrogen-bond donors (Lipinski definition) is 0. The molecule has 0 atom stereocenters. The number of rotatable bonds is 7. The number of ether oxygens (including phenoxy) is 1. The minimum Gasteiger partial charge on any atom is -0.383 e. The molecular formula is C16H20BrNO. The van der Waals surface area contributed by atoms with Gasteiger partial charge in [-0.2, -0.15) is 0 Å². The summed E-state index contributed by atoms with van der Waals surface area (Å²) < 4.78 is 5.19. The Balaban J connectivity index is 2.18. The fourth-order valence-corrected chi connectivity index (χ4v) is 2.78. The van der Waals surface area contributed by atoms with Crippen molar-refractivity contribution in [3.05, 3.63) is 48.0 Å². The van der Waals surface area contributed by atoms with Crippen molar-refractivity contribution in [2.45, 2.75) is 6.54 Å². The summed E-state index contributed by atoms with van der Waals surface area (Å²) >= 11 is 3.52. The highest BCUT2D eigenvalue weighted by Crippen LogP contribution is 2.19. The molecule has 0 aromatic heterocycles. The van der Waals surface area contributed by atoms with Crippen molar-refractivity contribution >= 4 is 26.7 Å². The molecule has 0 bridgehead atoms. The van der Waals surface area contributed by atoms with E-state index in [-0.39, 0.29) is 0 Å². The van der Waals surface area contributed by atoms with Crippen molar-refractivity contribution in [1.29, 1.82) is 0 Å². The molecule has 0 saturated heterocycles. The van der Waals surface area contributed by atoms with E-state index in [9.17, 15) is 0 Å². The number of halogens is 1. The largest absolute Gasteiger partial charge is 0.383 e. The van der Waals surface area contributed by atoms with E-state index in [1.807, 2.05) is 0 Å². The number of fused-ring (bicyclic) bond motifs is 1. The molecule has 2 rings (SSSR count). The third-order valence-corrected chi connectivity index (χ3v) is 3.64. The number of benzene rings is 2.